The van der Waals surface area contributed by atoms with E-state index in [-0.39, 0.29) is 47.5 Å². The zero-order valence-corrected chi connectivity index (χ0v) is 24.4. The van der Waals surface area contributed by atoms with Crippen LogP contribution in [0.15, 0.2) is 29.3 Å². The van der Waals surface area contributed by atoms with Crippen molar-refractivity contribution < 1.29 is 45.4 Å². The van der Waals surface area contributed by atoms with E-state index in [1.54, 1.807) is 27.7 Å². The number of anilines is 2. The number of fused-ring (bicyclic) bond motifs is 1. The van der Waals surface area contributed by atoms with Gasteiger partial charge in [-0.25, -0.2) is 13.2 Å². The number of nitrogens with zero attached hydrogens (tertiary/aromatic N) is 3. The number of hydrogen-bond donors (Lipinski definition) is 2. The van der Waals surface area contributed by atoms with Crippen LogP contribution in [0.25, 0.3) is 0 Å². The van der Waals surface area contributed by atoms with Gasteiger partial charge < -0.3 is 19.9 Å². The number of primary amides is 1. The molecule has 41 heavy (non-hydrogen) atoms. The van der Waals surface area contributed by atoms with Crippen LogP contribution in [-0.2, 0) is 26.1 Å². The number of aryl methyl sites for hydroxylation is 1. The number of hydrogen-bond acceptors (Lipinski definition) is 8. The van der Waals surface area contributed by atoms with Crippen LogP contribution in [0.1, 0.15) is 48.0 Å². The lowest BCUT2D eigenvalue weighted by Crippen LogP contribution is -2.47. The Hall–Kier alpha value is -3.69. The summed E-state index contributed by atoms with van der Waals surface area (Å²) in [5.74, 6) is -0.645. The van der Waals surface area contributed by atoms with Crippen molar-refractivity contribution in [1.82, 2.24) is 9.78 Å². The van der Waals surface area contributed by atoms with Crippen molar-refractivity contribution in [1.29, 1.82) is 0 Å². The van der Waals surface area contributed by atoms with E-state index in [0.29, 0.717) is 20.4 Å². The number of rotatable bonds is 10. The minimum absolute atomic E-state index is 0.0160. The number of aromatic nitrogens is 2. The third kappa shape index (κ3) is 6.80. The average molecular weight is 606 g/mol. The van der Waals surface area contributed by atoms with Crippen LogP contribution in [-0.4, -0.2) is 61.2 Å². The monoisotopic (exact) mass is 605 g/mol. The van der Waals surface area contributed by atoms with Crippen molar-refractivity contribution in [2.75, 3.05) is 22.8 Å². The molecule has 2 heterocycles. The smallest absolute Gasteiger partial charge is 0.427 e. The molecule has 2 amide bonds. The fraction of sp³-hybridized carbons (Fsp3) is 0.560. The van der Waals surface area contributed by atoms with Crippen LogP contribution in [0.3, 0.4) is 0 Å². The molecule has 1 aromatic carbocycles. The van der Waals surface area contributed by atoms with Crippen molar-refractivity contribution in [2.24, 2.45) is 11.1 Å². The van der Waals surface area contributed by atoms with Crippen LogP contribution in [0, 0.1) is 5.41 Å². The molecule has 0 saturated carbocycles. The molecule has 1 atom stereocenters. The first-order chi connectivity index (χ1) is 18.8. The molecule has 1 aromatic heterocycles. The Kier molecular flexibility index (Phi) is 8.77. The third-order valence-electron chi connectivity index (χ3n) is 6.44. The summed E-state index contributed by atoms with van der Waals surface area (Å²) in [7, 11) is -4.38. The first-order valence-electron chi connectivity index (χ1n) is 12.7. The average Bonchev–Trinajstić information content (AvgIpc) is 3.26. The van der Waals surface area contributed by atoms with E-state index in [1.807, 2.05) is 0 Å². The van der Waals surface area contributed by atoms with Gasteiger partial charge in [0.1, 0.15) is 11.9 Å². The van der Waals surface area contributed by atoms with Gasteiger partial charge in [-0.05, 0) is 52.3 Å². The predicted octanol–water partition coefficient (Wildman–Crippen LogP) is 4.05. The van der Waals surface area contributed by atoms with E-state index < -0.39 is 45.3 Å². The number of carbonyl (C=O) groups excluding carboxylic acids is 2. The van der Waals surface area contributed by atoms with Gasteiger partial charge in [-0.3, -0.25) is 19.1 Å². The van der Waals surface area contributed by atoms with Gasteiger partial charge in [0.2, 0.25) is 11.5 Å². The standard InChI is InChI=1S/C25H34F3N5O7S/c1-7-32-14-19(20(31-32)38-8-2)41(36,37)33-13-16(12-23(3,4)21(29)34)39-18-10-9-15(11-17(18)33)30-22(35)40-24(5,6)25(26,27)28/h9-11,14,16H,7-8,12-13H2,1-6H3,(H2,29,34)(H,30,35). The highest BCUT2D eigenvalue weighted by atomic mass is 32.2. The minimum atomic E-state index is -4.83. The summed E-state index contributed by atoms with van der Waals surface area (Å²) in [5, 5.41) is 6.38. The third-order valence-corrected chi connectivity index (χ3v) is 8.20. The number of sulfonamides is 1. The van der Waals surface area contributed by atoms with E-state index in [2.05, 4.69) is 15.2 Å². The van der Waals surface area contributed by atoms with Crippen molar-refractivity contribution in [3.05, 3.63) is 24.4 Å². The summed E-state index contributed by atoms with van der Waals surface area (Å²) in [4.78, 5) is 24.1. The second kappa shape index (κ2) is 11.3. The number of nitrogens with one attached hydrogen (secondary N) is 1. The molecule has 0 fully saturated rings. The van der Waals surface area contributed by atoms with Crippen LogP contribution in [0.2, 0.25) is 0 Å². The van der Waals surface area contributed by atoms with Crippen molar-refractivity contribution in [3.8, 4) is 11.6 Å². The number of carbonyl (C=O) groups is 2. The molecular weight excluding hydrogens is 571 g/mol. The highest BCUT2D eigenvalue weighted by Gasteiger charge is 2.51. The summed E-state index contributed by atoms with van der Waals surface area (Å²) in [5.41, 5.74) is 1.63. The molecule has 0 aliphatic carbocycles. The topological polar surface area (TPSA) is 155 Å². The second-order valence-corrected chi connectivity index (χ2v) is 12.4. The molecule has 0 radical (unpaired) electrons. The molecule has 16 heteroatoms. The molecule has 1 aliphatic heterocycles. The molecule has 0 spiro atoms. The van der Waals surface area contributed by atoms with Crippen molar-refractivity contribution in [3.63, 3.8) is 0 Å². The molecule has 228 valence electrons. The maximum atomic E-state index is 14.1. The number of halogens is 3. The fourth-order valence-corrected chi connectivity index (χ4v) is 5.48. The van der Waals surface area contributed by atoms with E-state index in [4.69, 9.17) is 15.2 Å². The Morgan fingerprint density at radius 2 is 1.85 bits per heavy atom. The zero-order chi connectivity index (χ0) is 31.0. The predicted molar refractivity (Wildman–Crippen MR) is 142 cm³/mol. The second-order valence-electron chi connectivity index (χ2n) is 10.5. The molecule has 12 nitrogen and oxygen atoms in total. The first-order valence-corrected chi connectivity index (χ1v) is 14.2. The fourth-order valence-electron chi connectivity index (χ4n) is 3.91. The largest absolute Gasteiger partial charge is 0.486 e. The Morgan fingerprint density at radius 1 is 1.20 bits per heavy atom. The lowest BCUT2D eigenvalue weighted by molar-refractivity contribution is -0.242. The Balaban J connectivity index is 2.06. The molecule has 3 N–H and O–H groups in total. The Labute approximate surface area is 235 Å². The molecule has 1 unspecified atom stereocenters. The van der Waals surface area contributed by atoms with Gasteiger partial charge in [0.25, 0.3) is 15.9 Å². The maximum Gasteiger partial charge on any atom is 0.427 e. The number of benzene rings is 1. The molecule has 2 aromatic rings. The van der Waals surface area contributed by atoms with Gasteiger partial charge in [-0.15, -0.1) is 5.10 Å². The zero-order valence-electron chi connectivity index (χ0n) is 23.5. The van der Waals surface area contributed by atoms with Gasteiger partial charge in [-0.1, -0.05) is 13.8 Å². The first kappa shape index (κ1) is 31.8. The van der Waals surface area contributed by atoms with Gasteiger partial charge in [-0.2, -0.15) is 13.2 Å². The van der Waals surface area contributed by atoms with Crippen molar-refractivity contribution in [2.45, 2.75) is 77.3 Å². The van der Waals surface area contributed by atoms with Gasteiger partial charge in [0, 0.05) is 23.8 Å². The minimum Gasteiger partial charge on any atom is -0.486 e. The molecule has 3 rings (SSSR count). The van der Waals surface area contributed by atoms with Crippen molar-refractivity contribution >= 4 is 33.4 Å². The highest BCUT2D eigenvalue weighted by molar-refractivity contribution is 7.93. The Bertz CT molecular complexity index is 1410. The molecule has 0 bridgehead atoms. The van der Waals surface area contributed by atoms with E-state index in [1.165, 1.54) is 29.1 Å². The number of amides is 2. The number of alkyl halides is 3. The van der Waals surface area contributed by atoms with Crippen LogP contribution in [0.4, 0.5) is 29.3 Å². The van der Waals surface area contributed by atoms with Crippen LogP contribution < -0.4 is 24.8 Å². The number of nitrogens with two attached hydrogens (primary N) is 1. The Morgan fingerprint density at radius 3 is 2.41 bits per heavy atom. The molecule has 0 saturated heterocycles. The van der Waals surface area contributed by atoms with E-state index >= 15 is 0 Å². The quantitative estimate of drug-likeness (QED) is 0.411. The summed E-state index contributed by atoms with van der Waals surface area (Å²) < 4.78 is 86.1. The lowest BCUT2D eigenvalue weighted by Gasteiger charge is -2.37. The van der Waals surface area contributed by atoms with E-state index in [0.717, 1.165) is 4.31 Å². The summed E-state index contributed by atoms with van der Waals surface area (Å²) in [6.07, 6.45) is -5.65. The van der Waals surface area contributed by atoms with Gasteiger partial charge >= 0.3 is 12.3 Å². The highest BCUT2D eigenvalue weighted by Crippen LogP contribution is 2.42. The van der Waals surface area contributed by atoms with Gasteiger partial charge in [0.05, 0.1) is 18.8 Å². The SMILES string of the molecule is CCOc1nn(CC)cc1S(=O)(=O)N1CC(CC(C)(C)C(N)=O)Oc2ccc(NC(=O)OC(C)(C)C(F)(F)F)cc21. The maximum absolute atomic E-state index is 14.1. The summed E-state index contributed by atoms with van der Waals surface area (Å²) in [6.45, 7) is 8.28. The molecular formula is C25H34F3N5O7S. The van der Waals surface area contributed by atoms with Crippen LogP contribution >= 0.6 is 0 Å². The normalized spacial score (nSPS) is 16.0. The lowest BCUT2D eigenvalue weighted by atomic mass is 9.85. The molecule has 1 aliphatic rings. The van der Waals surface area contributed by atoms with E-state index in [9.17, 15) is 31.2 Å². The van der Waals surface area contributed by atoms with Crippen LogP contribution in [0.5, 0.6) is 11.6 Å². The summed E-state index contributed by atoms with van der Waals surface area (Å²) in [6, 6.07) is 3.90. The summed E-state index contributed by atoms with van der Waals surface area (Å²) >= 11 is 0. The number of ether oxygens (including phenoxy) is 3. The van der Waals surface area contributed by atoms with Gasteiger partial charge in [0.15, 0.2) is 4.90 Å².